The zero-order valence-corrected chi connectivity index (χ0v) is 35.4. The molecule has 4 aromatic carbocycles. The van der Waals surface area contributed by atoms with Gasteiger partial charge in [0.1, 0.15) is 0 Å². The summed E-state index contributed by atoms with van der Waals surface area (Å²) in [6.07, 6.45) is -0.349. The van der Waals surface area contributed by atoms with E-state index in [2.05, 4.69) is 20.5 Å². The third kappa shape index (κ3) is 15.1. The zero-order valence-electron chi connectivity index (χ0n) is 33.9. The first-order valence-corrected chi connectivity index (χ1v) is 19.1. The van der Waals surface area contributed by atoms with Crippen molar-refractivity contribution in [2.75, 3.05) is 0 Å². The van der Waals surface area contributed by atoms with Crippen LogP contribution in [-0.4, -0.2) is 51.2 Å². The highest BCUT2D eigenvalue weighted by atomic mass is 35.5. The van der Waals surface area contributed by atoms with Crippen molar-refractivity contribution < 1.29 is 34.5 Å². The van der Waals surface area contributed by atoms with Crippen molar-refractivity contribution in [3.05, 3.63) is 150 Å². The van der Waals surface area contributed by atoms with Crippen molar-refractivity contribution >= 4 is 58.3 Å². The fourth-order valence-corrected chi connectivity index (χ4v) is 6.45. The Bertz CT molecular complexity index is 2340. The fraction of sp³-hybridized carbons (Fsp3) is 0.273. The molecule has 10 N–H and O–H groups in total. The summed E-state index contributed by atoms with van der Waals surface area (Å²) in [6, 6.07) is 22.6. The Morgan fingerprint density at radius 2 is 1.10 bits per heavy atom. The fourth-order valence-electron chi connectivity index (χ4n) is 5.73. The maximum absolute atomic E-state index is 12.6. The Labute approximate surface area is 364 Å². The van der Waals surface area contributed by atoms with Gasteiger partial charge in [-0.25, -0.2) is 9.69 Å². The number of aliphatic hydroxyl groups excluding tert-OH is 2. The monoisotopic (exact) mass is 868 g/mol. The van der Waals surface area contributed by atoms with Gasteiger partial charge >= 0.3 is 5.97 Å². The van der Waals surface area contributed by atoms with E-state index in [9.17, 15) is 29.4 Å². The molecule has 15 nitrogen and oxygen atoms in total. The van der Waals surface area contributed by atoms with Gasteiger partial charge in [0.2, 0.25) is 23.2 Å². The van der Waals surface area contributed by atoms with Crippen LogP contribution in [0.3, 0.4) is 0 Å². The Hall–Kier alpha value is -6.82. The SMILES string of the molecule is N.N#Cc1ccc(C(N)=O)cc1.[C-]#[N+]c1ccc(C[C@@H](C(=O)NNC(=O)c2ccc(C#N)cc2)[C@H](C)O)c(CC)c1Cl.[C-]#[N+]c1ccc(C[C@@H](C(=O)O)[C@H](C)O)c(CC)c1Cl. The van der Waals surface area contributed by atoms with E-state index in [4.69, 9.17) is 57.7 Å². The van der Waals surface area contributed by atoms with Crippen LogP contribution in [0.1, 0.15) is 81.8 Å². The van der Waals surface area contributed by atoms with Crippen LogP contribution in [0, 0.1) is 47.6 Å². The van der Waals surface area contributed by atoms with Crippen molar-refractivity contribution in [3.8, 4) is 12.1 Å². The highest BCUT2D eigenvalue weighted by Gasteiger charge is 2.27. The minimum atomic E-state index is -1.04. The molecule has 0 bridgehead atoms. The summed E-state index contributed by atoms with van der Waals surface area (Å²) < 4.78 is 0. The summed E-state index contributed by atoms with van der Waals surface area (Å²) in [5.41, 5.74) is 15.0. The number of benzene rings is 4. The van der Waals surface area contributed by atoms with E-state index < -0.39 is 47.7 Å². The van der Waals surface area contributed by atoms with E-state index in [1.807, 2.05) is 26.0 Å². The number of amides is 3. The average Bonchev–Trinajstić information content (AvgIpc) is 3.23. The second-order valence-electron chi connectivity index (χ2n) is 13.1. The standard InChI is InChI=1S/C22H21ClN4O3.C14H16ClNO3.C8H6N2O.H3N/c1-4-17-16(9-10-19(25-3)20(17)23)11-18(13(2)28)22(30)27-26-21(29)15-7-5-14(12-24)6-8-15;1-4-10-9(5-6-12(16-3)13(10)15)7-11(8(2)17)14(18)19;9-5-6-1-3-7(4-2-6)8(10)11;/h5-10,13,18,28H,4,11H2,1-2H3,(H,26,29)(H,27,30);5-6,8,11,17H,4,7H2,1-2H3,(H,18,19);1-4H,(H2,10,11);1H3/t13-,18+;8-,11+;;/m00../s1. The van der Waals surface area contributed by atoms with Crippen LogP contribution >= 0.6 is 23.2 Å². The first kappa shape index (κ1) is 52.2. The first-order chi connectivity index (χ1) is 28.5. The van der Waals surface area contributed by atoms with Crippen molar-refractivity contribution in [1.29, 1.82) is 10.5 Å². The molecule has 17 heteroatoms. The Kier molecular flexibility index (Phi) is 21.9. The van der Waals surface area contributed by atoms with E-state index in [1.165, 1.54) is 50.2 Å². The van der Waals surface area contributed by atoms with Crippen LogP contribution in [0.15, 0.2) is 72.8 Å². The minimum Gasteiger partial charge on any atom is -0.481 e. The number of nitriles is 2. The number of hydrazine groups is 1. The van der Waals surface area contributed by atoms with Crippen LogP contribution in [0.4, 0.5) is 11.4 Å². The van der Waals surface area contributed by atoms with Gasteiger partial charge in [-0.1, -0.05) is 61.3 Å². The number of nitrogens with one attached hydrogen (secondary N) is 2. The lowest BCUT2D eigenvalue weighted by molar-refractivity contribution is -0.145. The zero-order chi connectivity index (χ0) is 45.1. The number of aliphatic carboxylic acids is 1. The predicted molar refractivity (Wildman–Crippen MR) is 231 cm³/mol. The summed E-state index contributed by atoms with van der Waals surface area (Å²) in [4.78, 5) is 53.2. The molecule has 0 spiro atoms. The van der Waals surface area contributed by atoms with Crippen LogP contribution in [0.5, 0.6) is 0 Å². The van der Waals surface area contributed by atoms with E-state index in [0.29, 0.717) is 51.0 Å². The van der Waals surface area contributed by atoms with Crippen molar-refractivity contribution in [1.82, 2.24) is 17.0 Å². The van der Waals surface area contributed by atoms with E-state index in [0.717, 1.165) is 22.3 Å². The molecule has 0 aromatic heterocycles. The Morgan fingerprint density at radius 1 is 0.705 bits per heavy atom. The number of carbonyl (C=O) groups is 4. The number of primary amides is 1. The second-order valence-corrected chi connectivity index (χ2v) is 13.9. The van der Waals surface area contributed by atoms with Gasteiger partial charge in [0, 0.05) is 11.1 Å². The molecule has 4 rings (SSSR count). The molecule has 3 amide bonds. The van der Waals surface area contributed by atoms with Crippen molar-refractivity contribution in [2.24, 2.45) is 17.6 Å². The van der Waals surface area contributed by atoms with E-state index in [-0.39, 0.29) is 24.6 Å². The number of rotatable bonds is 12. The lowest BCUT2D eigenvalue weighted by Gasteiger charge is -2.21. The molecule has 61 heavy (non-hydrogen) atoms. The van der Waals surface area contributed by atoms with Crippen LogP contribution < -0.4 is 22.7 Å². The maximum Gasteiger partial charge on any atom is 0.309 e. The number of carbonyl (C=O) groups excluding carboxylic acids is 3. The van der Waals surface area contributed by atoms with Crippen LogP contribution in [0.2, 0.25) is 10.0 Å². The van der Waals surface area contributed by atoms with E-state index >= 15 is 0 Å². The Morgan fingerprint density at radius 3 is 1.43 bits per heavy atom. The molecule has 0 aliphatic carbocycles. The van der Waals surface area contributed by atoms with Gasteiger partial charge in [-0.3, -0.25) is 30.0 Å². The molecule has 0 saturated carbocycles. The molecule has 0 radical (unpaired) electrons. The Balaban J connectivity index is 0.000000510. The van der Waals surface area contributed by atoms with Gasteiger partial charge in [-0.2, -0.15) is 10.5 Å². The summed E-state index contributed by atoms with van der Waals surface area (Å²) in [6.45, 7) is 20.9. The molecular weight excluding hydrogens is 823 g/mol. The number of nitrogens with two attached hydrogens (primary N) is 1. The van der Waals surface area contributed by atoms with Crippen molar-refractivity contribution in [3.63, 3.8) is 0 Å². The lowest BCUT2D eigenvalue weighted by Crippen LogP contribution is -2.47. The molecule has 0 heterocycles. The molecule has 0 fully saturated rings. The van der Waals surface area contributed by atoms with Crippen LogP contribution in [0.25, 0.3) is 9.69 Å². The number of carboxylic acid groups (broad SMARTS) is 1. The van der Waals surface area contributed by atoms with Gasteiger partial charge in [0.05, 0.1) is 70.5 Å². The summed E-state index contributed by atoms with van der Waals surface area (Å²) >= 11 is 12.4. The number of carboxylic acids is 1. The topological polar surface area (TPSA) is 270 Å². The van der Waals surface area contributed by atoms with Gasteiger partial charge in [0.25, 0.3) is 5.91 Å². The molecular formula is C44H46Cl2N8O7. The number of halogens is 2. The summed E-state index contributed by atoms with van der Waals surface area (Å²) in [7, 11) is 0. The van der Waals surface area contributed by atoms with Gasteiger partial charge in [-0.05, 0) is 110 Å². The van der Waals surface area contributed by atoms with Gasteiger partial charge in [0.15, 0.2) is 0 Å². The smallest absolute Gasteiger partial charge is 0.309 e. The number of nitrogens with zero attached hydrogens (tertiary/aromatic N) is 4. The average molecular weight is 870 g/mol. The molecule has 0 aliphatic heterocycles. The largest absolute Gasteiger partial charge is 0.481 e. The predicted octanol–water partition coefficient (Wildman–Crippen LogP) is 7.22. The molecule has 4 aromatic rings. The molecule has 318 valence electrons. The molecule has 0 unspecified atom stereocenters. The summed E-state index contributed by atoms with van der Waals surface area (Å²) in [5.74, 6) is -4.33. The lowest BCUT2D eigenvalue weighted by atomic mass is 9.90. The minimum absolute atomic E-state index is 0. The number of hydrogen-bond donors (Lipinski definition) is 7. The molecule has 0 aliphatic rings. The first-order valence-electron chi connectivity index (χ1n) is 18.3. The molecule has 4 atom stereocenters. The number of hydrogen-bond acceptors (Lipinski definition) is 9. The maximum atomic E-state index is 12.6. The summed E-state index contributed by atoms with van der Waals surface area (Å²) in [5, 5.41) is 46.7. The third-order valence-corrected chi connectivity index (χ3v) is 10.0. The van der Waals surface area contributed by atoms with Crippen molar-refractivity contribution in [2.45, 2.75) is 65.6 Å². The van der Waals surface area contributed by atoms with Gasteiger partial charge < -0.3 is 27.2 Å². The second kappa shape index (κ2) is 25.6. The highest BCUT2D eigenvalue weighted by molar-refractivity contribution is 6.34. The quantitative estimate of drug-likeness (QED) is 0.0555. The third-order valence-electron chi connectivity index (χ3n) is 9.16. The van der Waals surface area contributed by atoms with E-state index in [1.54, 1.807) is 36.4 Å². The van der Waals surface area contributed by atoms with Gasteiger partial charge in [-0.15, -0.1) is 0 Å². The van der Waals surface area contributed by atoms with Crippen LogP contribution in [-0.2, 0) is 35.3 Å². The normalized spacial score (nSPS) is 11.8. The number of aliphatic hydroxyl groups is 2. The highest BCUT2D eigenvalue weighted by Crippen LogP contribution is 2.34. The molecule has 0 saturated heterocycles.